The maximum atomic E-state index is 13.3. The number of aromatic nitrogens is 1. The molecule has 134 valence electrons. The highest BCUT2D eigenvalue weighted by atomic mass is 19.1. The van der Waals surface area contributed by atoms with Crippen molar-refractivity contribution in [2.45, 2.75) is 31.3 Å². The number of carbonyl (C=O) groups is 2. The van der Waals surface area contributed by atoms with Crippen molar-refractivity contribution in [3.05, 3.63) is 60.2 Å². The van der Waals surface area contributed by atoms with Gasteiger partial charge in [-0.05, 0) is 12.5 Å². The molecule has 1 amide bonds. The van der Waals surface area contributed by atoms with E-state index in [1.54, 1.807) is 18.2 Å². The number of nitrogens with zero attached hydrogens (tertiary/aromatic N) is 3. The minimum atomic E-state index is -0.492. The molecule has 2 bridgehead atoms. The van der Waals surface area contributed by atoms with Gasteiger partial charge < -0.3 is 9.80 Å². The number of ketones is 1. The van der Waals surface area contributed by atoms with E-state index in [1.807, 2.05) is 23.1 Å². The number of fused-ring (bicyclic) bond motifs is 2. The number of rotatable bonds is 5. The summed E-state index contributed by atoms with van der Waals surface area (Å²) in [6.07, 6.45) is 2.91. The quantitative estimate of drug-likeness (QED) is 0.613. The van der Waals surface area contributed by atoms with Crippen LogP contribution in [0.2, 0.25) is 0 Å². The number of amides is 1. The lowest BCUT2D eigenvalue weighted by Gasteiger charge is -2.57. The van der Waals surface area contributed by atoms with Gasteiger partial charge in [0.1, 0.15) is 0 Å². The molecule has 1 aromatic carbocycles. The zero-order valence-corrected chi connectivity index (χ0v) is 14.3. The van der Waals surface area contributed by atoms with Gasteiger partial charge in [-0.25, -0.2) is 4.98 Å². The number of halogens is 1. The average Bonchev–Trinajstić information content (AvgIpc) is 2.67. The van der Waals surface area contributed by atoms with E-state index in [-0.39, 0.29) is 36.6 Å². The summed E-state index contributed by atoms with van der Waals surface area (Å²) in [5.41, 5.74) is 1.45. The van der Waals surface area contributed by atoms with Crippen molar-refractivity contribution >= 4 is 17.4 Å². The number of piperazine rings is 1. The Morgan fingerprint density at radius 3 is 2.50 bits per heavy atom. The molecule has 0 saturated carbocycles. The fraction of sp³-hybridized carbons (Fsp3) is 0.350. The first kappa shape index (κ1) is 16.7. The van der Waals surface area contributed by atoms with Crippen LogP contribution in [0.25, 0.3) is 0 Å². The first-order valence-corrected chi connectivity index (χ1v) is 8.88. The molecule has 0 spiro atoms. The highest BCUT2D eigenvalue weighted by Gasteiger charge is 2.46. The number of hydrogen-bond acceptors (Lipinski definition) is 4. The Hall–Kier alpha value is -2.76. The van der Waals surface area contributed by atoms with Crippen LogP contribution in [0.4, 0.5) is 10.1 Å². The van der Waals surface area contributed by atoms with E-state index in [9.17, 15) is 14.0 Å². The summed E-state index contributed by atoms with van der Waals surface area (Å²) in [4.78, 5) is 32.3. The number of pyridine rings is 1. The summed E-state index contributed by atoms with van der Waals surface area (Å²) in [6, 6.07) is 12.6. The first-order valence-electron chi connectivity index (χ1n) is 8.88. The number of hydrogen-bond donors (Lipinski definition) is 0. The molecular formula is C20H20FN3O2. The average molecular weight is 353 g/mol. The lowest BCUT2D eigenvalue weighted by molar-refractivity contribution is -0.146. The van der Waals surface area contributed by atoms with Gasteiger partial charge in [0.2, 0.25) is 11.9 Å². The molecule has 0 N–H and O–H groups in total. The summed E-state index contributed by atoms with van der Waals surface area (Å²) in [5, 5.41) is 0. The van der Waals surface area contributed by atoms with Crippen LogP contribution >= 0.6 is 0 Å². The standard InChI is InChI=1S/C20H20FN3O2/c21-19-11-15(8-9-22-19)23-12-16-10-17(13-23)24(16)20(26)7-6-18(25)14-4-2-1-3-5-14/h1-5,8-9,11,16-17H,6-7,10,12-13H2. The molecule has 3 fully saturated rings. The zero-order valence-electron chi connectivity index (χ0n) is 14.3. The first-order chi connectivity index (χ1) is 12.6. The van der Waals surface area contributed by atoms with Crippen LogP contribution in [0.5, 0.6) is 0 Å². The molecule has 26 heavy (non-hydrogen) atoms. The molecule has 3 saturated heterocycles. The molecule has 6 heteroatoms. The number of carbonyl (C=O) groups excluding carboxylic acids is 2. The number of Topliss-reactive ketones (excluding diaryl/α,β-unsaturated/α-hetero) is 1. The maximum Gasteiger partial charge on any atom is 0.223 e. The van der Waals surface area contributed by atoms with Crippen molar-refractivity contribution in [2.75, 3.05) is 18.0 Å². The van der Waals surface area contributed by atoms with E-state index in [1.165, 1.54) is 12.3 Å². The van der Waals surface area contributed by atoms with Crippen LogP contribution < -0.4 is 4.90 Å². The Labute approximate surface area is 151 Å². The van der Waals surface area contributed by atoms with Gasteiger partial charge in [0.25, 0.3) is 0 Å². The van der Waals surface area contributed by atoms with Gasteiger partial charge >= 0.3 is 0 Å². The molecule has 5 rings (SSSR count). The molecule has 2 unspecified atom stereocenters. The fourth-order valence-electron chi connectivity index (χ4n) is 3.93. The zero-order chi connectivity index (χ0) is 18.1. The topological polar surface area (TPSA) is 53.5 Å². The highest BCUT2D eigenvalue weighted by Crippen LogP contribution is 2.35. The normalized spacial score (nSPS) is 21.3. The third-order valence-electron chi connectivity index (χ3n) is 5.22. The van der Waals surface area contributed by atoms with E-state index in [2.05, 4.69) is 9.88 Å². The van der Waals surface area contributed by atoms with E-state index < -0.39 is 5.95 Å². The van der Waals surface area contributed by atoms with Crippen LogP contribution in [0, 0.1) is 5.95 Å². The summed E-state index contributed by atoms with van der Waals surface area (Å²) in [6.45, 7) is 1.39. The van der Waals surface area contributed by atoms with Gasteiger partial charge in [0.05, 0.1) is 12.1 Å². The highest BCUT2D eigenvalue weighted by molar-refractivity contribution is 5.98. The molecule has 0 aliphatic carbocycles. The molecule has 1 aromatic heterocycles. The predicted molar refractivity (Wildman–Crippen MR) is 95.5 cm³/mol. The lowest BCUT2D eigenvalue weighted by atomic mass is 9.86. The van der Waals surface area contributed by atoms with E-state index >= 15 is 0 Å². The van der Waals surface area contributed by atoms with Crippen molar-refractivity contribution < 1.29 is 14.0 Å². The summed E-state index contributed by atoms with van der Waals surface area (Å²) < 4.78 is 13.3. The van der Waals surface area contributed by atoms with E-state index in [0.717, 1.165) is 12.1 Å². The van der Waals surface area contributed by atoms with Crippen molar-refractivity contribution in [3.8, 4) is 0 Å². The smallest absolute Gasteiger partial charge is 0.223 e. The Morgan fingerprint density at radius 2 is 1.81 bits per heavy atom. The second-order valence-electron chi connectivity index (χ2n) is 6.88. The van der Waals surface area contributed by atoms with Gasteiger partial charge in [-0.15, -0.1) is 0 Å². The molecular weight excluding hydrogens is 333 g/mol. The minimum Gasteiger partial charge on any atom is -0.367 e. The van der Waals surface area contributed by atoms with Crippen LogP contribution in [0.15, 0.2) is 48.7 Å². The number of piperidine rings is 1. The van der Waals surface area contributed by atoms with E-state index in [0.29, 0.717) is 18.7 Å². The van der Waals surface area contributed by atoms with Gasteiger partial charge in [-0.2, -0.15) is 4.39 Å². The van der Waals surface area contributed by atoms with Gasteiger partial charge in [0, 0.05) is 49.4 Å². The van der Waals surface area contributed by atoms with E-state index in [4.69, 9.17) is 0 Å². The van der Waals surface area contributed by atoms with Crippen LogP contribution in [-0.4, -0.2) is 46.7 Å². The number of benzene rings is 1. The van der Waals surface area contributed by atoms with Crippen molar-refractivity contribution in [1.82, 2.24) is 9.88 Å². The summed E-state index contributed by atoms with van der Waals surface area (Å²) in [5.74, 6) is -0.455. The minimum absolute atomic E-state index is 0.00137. The summed E-state index contributed by atoms with van der Waals surface area (Å²) in [7, 11) is 0. The second kappa shape index (κ2) is 6.86. The van der Waals surface area contributed by atoms with Gasteiger partial charge in [0.15, 0.2) is 5.78 Å². The maximum absolute atomic E-state index is 13.3. The summed E-state index contributed by atoms with van der Waals surface area (Å²) >= 11 is 0. The van der Waals surface area contributed by atoms with Crippen molar-refractivity contribution in [2.24, 2.45) is 0 Å². The van der Waals surface area contributed by atoms with Crippen LogP contribution in [0.1, 0.15) is 29.6 Å². The molecule has 2 aromatic rings. The van der Waals surface area contributed by atoms with Crippen LogP contribution in [0.3, 0.4) is 0 Å². The second-order valence-corrected chi connectivity index (χ2v) is 6.88. The predicted octanol–water partition coefficient (Wildman–Crippen LogP) is 2.67. The van der Waals surface area contributed by atoms with Gasteiger partial charge in [-0.1, -0.05) is 30.3 Å². The molecule has 2 atom stereocenters. The molecule has 0 radical (unpaired) electrons. The fourth-order valence-corrected chi connectivity index (χ4v) is 3.93. The molecule has 5 nitrogen and oxygen atoms in total. The number of anilines is 1. The monoisotopic (exact) mass is 353 g/mol. The van der Waals surface area contributed by atoms with Crippen molar-refractivity contribution in [3.63, 3.8) is 0 Å². The third kappa shape index (κ3) is 3.19. The Balaban J connectivity index is 1.33. The lowest BCUT2D eigenvalue weighted by Crippen LogP contribution is -2.70. The molecule has 3 aliphatic heterocycles. The Kier molecular flexibility index (Phi) is 4.41. The van der Waals surface area contributed by atoms with Crippen molar-refractivity contribution in [1.29, 1.82) is 0 Å². The molecule has 3 aliphatic rings. The largest absolute Gasteiger partial charge is 0.367 e. The van der Waals surface area contributed by atoms with Gasteiger partial charge in [-0.3, -0.25) is 9.59 Å². The SMILES string of the molecule is O=C(CCC(=O)N1C2CC1CN(c1ccnc(F)c1)C2)c1ccccc1. The Morgan fingerprint density at radius 1 is 1.08 bits per heavy atom. The van der Waals surface area contributed by atoms with Crippen LogP contribution in [-0.2, 0) is 4.79 Å². The Bertz CT molecular complexity index is 815. The third-order valence-corrected chi connectivity index (χ3v) is 5.22. The molecule has 4 heterocycles.